The first-order chi connectivity index (χ1) is 11.1. The van der Waals surface area contributed by atoms with Crippen LogP contribution < -0.4 is 0 Å². The lowest BCUT2D eigenvalue weighted by Gasteiger charge is -2.32. The highest BCUT2D eigenvalue weighted by Gasteiger charge is 2.39. The van der Waals surface area contributed by atoms with E-state index in [1.807, 2.05) is 6.92 Å². The van der Waals surface area contributed by atoms with Crippen molar-refractivity contribution in [1.82, 2.24) is 0 Å². The summed E-state index contributed by atoms with van der Waals surface area (Å²) in [6, 6.07) is 0. The van der Waals surface area contributed by atoms with E-state index in [0.29, 0.717) is 18.3 Å². The molecule has 3 unspecified atom stereocenters. The van der Waals surface area contributed by atoms with Crippen molar-refractivity contribution in [3.05, 3.63) is 0 Å². The fourth-order valence-corrected chi connectivity index (χ4v) is 3.91. The summed E-state index contributed by atoms with van der Waals surface area (Å²) >= 11 is 0. The van der Waals surface area contributed by atoms with Gasteiger partial charge in [0.05, 0.1) is 6.10 Å². The Kier molecular flexibility index (Phi) is 8.62. The summed E-state index contributed by atoms with van der Waals surface area (Å²) in [5, 5.41) is 10.5. The molecule has 3 nitrogen and oxygen atoms in total. The van der Waals surface area contributed by atoms with Gasteiger partial charge >= 0.3 is 0 Å². The Morgan fingerprint density at radius 1 is 0.917 bits per heavy atom. The third-order valence-electron chi connectivity index (χ3n) is 5.90. The van der Waals surface area contributed by atoms with E-state index in [1.54, 1.807) is 13.8 Å². The second-order valence-electron chi connectivity index (χ2n) is 8.87. The minimum atomic E-state index is -0.876. The lowest BCUT2D eigenvalue weighted by Crippen LogP contribution is -2.41. The zero-order chi connectivity index (χ0) is 18.3. The molecule has 0 radical (unpaired) electrons. The zero-order valence-corrected chi connectivity index (χ0v) is 16.4. The first kappa shape index (κ1) is 21.3. The van der Waals surface area contributed by atoms with Gasteiger partial charge in [0.2, 0.25) is 0 Å². The number of hydrogen-bond donors (Lipinski definition) is 1. The van der Waals surface area contributed by atoms with Gasteiger partial charge in [-0.3, -0.25) is 9.59 Å². The van der Waals surface area contributed by atoms with Crippen molar-refractivity contribution in [3.63, 3.8) is 0 Å². The van der Waals surface area contributed by atoms with Gasteiger partial charge in [-0.25, -0.2) is 0 Å². The maximum atomic E-state index is 12.8. The fourth-order valence-electron chi connectivity index (χ4n) is 3.91. The van der Waals surface area contributed by atoms with Crippen LogP contribution in [0, 0.1) is 23.2 Å². The Balaban J connectivity index is 2.81. The molecule has 1 rings (SSSR count). The van der Waals surface area contributed by atoms with E-state index in [9.17, 15) is 14.7 Å². The number of carbonyl (C=O) groups excluding carboxylic acids is 2. The Morgan fingerprint density at radius 3 is 2.12 bits per heavy atom. The molecule has 140 valence electrons. The summed E-state index contributed by atoms with van der Waals surface area (Å²) in [5.74, 6) is 1.21. The van der Waals surface area contributed by atoms with Crippen molar-refractivity contribution in [2.45, 2.75) is 98.5 Å². The summed E-state index contributed by atoms with van der Waals surface area (Å²) in [6.07, 6.45) is 7.58. The summed E-state index contributed by atoms with van der Waals surface area (Å²) in [6.45, 7) is 9.99. The minimum absolute atomic E-state index is 0.0623. The molecule has 0 spiro atoms. The third kappa shape index (κ3) is 6.66. The predicted octanol–water partition coefficient (Wildman–Crippen LogP) is 4.94. The molecule has 0 aliphatic heterocycles. The van der Waals surface area contributed by atoms with E-state index in [0.717, 1.165) is 12.8 Å². The lowest BCUT2D eigenvalue weighted by atomic mass is 9.73. The first-order valence-corrected chi connectivity index (χ1v) is 9.88. The van der Waals surface area contributed by atoms with Gasteiger partial charge in [-0.2, -0.15) is 0 Å². The van der Waals surface area contributed by atoms with Gasteiger partial charge in [-0.15, -0.1) is 0 Å². The van der Waals surface area contributed by atoms with Crippen LogP contribution in [0.2, 0.25) is 0 Å². The molecule has 0 amide bonds. The van der Waals surface area contributed by atoms with Crippen LogP contribution in [0.5, 0.6) is 0 Å². The number of carbonyl (C=O) groups is 2. The molecule has 0 heterocycles. The Morgan fingerprint density at radius 2 is 1.50 bits per heavy atom. The predicted molar refractivity (Wildman–Crippen MR) is 98.8 cm³/mol. The number of aliphatic hydroxyl groups excluding tert-OH is 1. The number of rotatable bonds is 0. The standard InChI is InChI=1S/C21H38O3/c1-15-9-7-6-8-10-16(2)13-17(3)20(24)21(4,5)19(23)14-18(22)12-11-15/h15-17,19,23H,6-14H2,1-5H3/t15-,16?,17?,19?/m0/s1. The van der Waals surface area contributed by atoms with Crippen LogP contribution in [0.15, 0.2) is 0 Å². The third-order valence-corrected chi connectivity index (χ3v) is 5.90. The SMILES string of the molecule is CC1CCCCC[C@H](C)CCC(=O)CC(O)C(C)(C)C(=O)C(C)C1. The van der Waals surface area contributed by atoms with Gasteiger partial charge in [0, 0.05) is 24.2 Å². The van der Waals surface area contributed by atoms with Crippen LogP contribution >= 0.6 is 0 Å². The molecule has 1 fully saturated rings. The van der Waals surface area contributed by atoms with E-state index in [1.165, 1.54) is 32.1 Å². The summed E-state index contributed by atoms with van der Waals surface area (Å²) in [7, 11) is 0. The average Bonchev–Trinajstić information content (AvgIpc) is 2.50. The molecule has 0 aromatic rings. The molecular weight excluding hydrogens is 300 g/mol. The Labute approximate surface area is 148 Å². The summed E-state index contributed by atoms with van der Waals surface area (Å²) in [5.41, 5.74) is -0.850. The van der Waals surface area contributed by atoms with E-state index in [4.69, 9.17) is 0 Å². The zero-order valence-electron chi connectivity index (χ0n) is 16.4. The topological polar surface area (TPSA) is 54.4 Å². The van der Waals surface area contributed by atoms with Crippen molar-refractivity contribution in [3.8, 4) is 0 Å². The molecule has 0 bridgehead atoms. The largest absolute Gasteiger partial charge is 0.392 e. The van der Waals surface area contributed by atoms with Crippen LogP contribution in [0.3, 0.4) is 0 Å². The monoisotopic (exact) mass is 338 g/mol. The maximum Gasteiger partial charge on any atom is 0.143 e. The van der Waals surface area contributed by atoms with Gasteiger partial charge in [0.15, 0.2) is 0 Å². The first-order valence-electron chi connectivity index (χ1n) is 9.88. The van der Waals surface area contributed by atoms with Crippen LogP contribution in [-0.2, 0) is 9.59 Å². The molecule has 0 aromatic carbocycles. The number of Topliss-reactive ketones (excluding diaryl/α,β-unsaturated/α-hetero) is 2. The molecule has 0 aromatic heterocycles. The second-order valence-corrected chi connectivity index (χ2v) is 8.87. The van der Waals surface area contributed by atoms with Crippen molar-refractivity contribution < 1.29 is 14.7 Å². The summed E-state index contributed by atoms with van der Waals surface area (Å²) < 4.78 is 0. The number of ketones is 2. The quantitative estimate of drug-likeness (QED) is 0.680. The van der Waals surface area contributed by atoms with E-state index >= 15 is 0 Å². The Hall–Kier alpha value is -0.700. The normalized spacial score (nSPS) is 34.9. The van der Waals surface area contributed by atoms with Gasteiger partial charge < -0.3 is 5.11 Å². The van der Waals surface area contributed by atoms with Crippen LogP contribution in [0.4, 0.5) is 0 Å². The average molecular weight is 339 g/mol. The van der Waals surface area contributed by atoms with Crippen molar-refractivity contribution in [2.24, 2.45) is 23.2 Å². The molecule has 1 aliphatic carbocycles. The summed E-state index contributed by atoms with van der Waals surface area (Å²) in [4.78, 5) is 25.0. The Bertz CT molecular complexity index is 413. The highest BCUT2D eigenvalue weighted by molar-refractivity contribution is 5.88. The van der Waals surface area contributed by atoms with Gasteiger partial charge in [0.25, 0.3) is 0 Å². The van der Waals surface area contributed by atoms with Crippen LogP contribution in [-0.4, -0.2) is 22.8 Å². The van der Waals surface area contributed by atoms with E-state index < -0.39 is 11.5 Å². The molecular formula is C21H38O3. The van der Waals surface area contributed by atoms with Crippen molar-refractivity contribution in [1.29, 1.82) is 0 Å². The van der Waals surface area contributed by atoms with Crippen LogP contribution in [0.1, 0.15) is 92.4 Å². The van der Waals surface area contributed by atoms with Crippen molar-refractivity contribution >= 4 is 11.6 Å². The highest BCUT2D eigenvalue weighted by Crippen LogP contribution is 2.32. The lowest BCUT2D eigenvalue weighted by molar-refractivity contribution is -0.139. The molecule has 3 heteroatoms. The van der Waals surface area contributed by atoms with Crippen LogP contribution in [0.25, 0.3) is 0 Å². The molecule has 1 aliphatic rings. The van der Waals surface area contributed by atoms with Gasteiger partial charge in [-0.05, 0) is 24.7 Å². The maximum absolute atomic E-state index is 12.8. The molecule has 1 N–H and O–H groups in total. The number of hydrogen-bond acceptors (Lipinski definition) is 3. The second kappa shape index (κ2) is 9.70. The van der Waals surface area contributed by atoms with Crippen molar-refractivity contribution in [2.75, 3.05) is 0 Å². The number of aliphatic hydroxyl groups is 1. The molecule has 4 atom stereocenters. The molecule has 24 heavy (non-hydrogen) atoms. The van der Waals surface area contributed by atoms with E-state index in [-0.39, 0.29) is 23.9 Å². The van der Waals surface area contributed by atoms with Gasteiger partial charge in [0.1, 0.15) is 11.6 Å². The van der Waals surface area contributed by atoms with E-state index in [2.05, 4.69) is 13.8 Å². The molecule has 0 saturated heterocycles. The fraction of sp³-hybridized carbons (Fsp3) is 0.905. The smallest absolute Gasteiger partial charge is 0.143 e. The van der Waals surface area contributed by atoms with Gasteiger partial charge in [-0.1, -0.05) is 66.7 Å². The molecule has 1 saturated carbocycles. The highest BCUT2D eigenvalue weighted by atomic mass is 16.3. The minimum Gasteiger partial charge on any atom is -0.392 e.